The second-order valence-corrected chi connectivity index (χ2v) is 8.55. The van der Waals surface area contributed by atoms with E-state index in [9.17, 15) is 14.4 Å². The summed E-state index contributed by atoms with van der Waals surface area (Å²) in [5.41, 5.74) is 2.64. The topological polar surface area (TPSA) is 66.5 Å². The molecule has 0 atom stereocenters. The molecule has 2 aromatic carbocycles. The molecule has 1 N–H and O–H groups in total. The van der Waals surface area contributed by atoms with Gasteiger partial charge in [0.2, 0.25) is 5.91 Å². The van der Waals surface area contributed by atoms with Gasteiger partial charge in [-0.2, -0.15) is 0 Å². The Morgan fingerprint density at radius 2 is 1.75 bits per heavy atom. The summed E-state index contributed by atoms with van der Waals surface area (Å²) in [6, 6.07) is 14.9. The molecule has 1 heterocycles. The molecule has 3 rings (SSSR count). The lowest BCUT2D eigenvalue weighted by Gasteiger charge is -2.12. The summed E-state index contributed by atoms with van der Waals surface area (Å²) in [7, 11) is 0. The first kappa shape index (κ1) is 20.4. The van der Waals surface area contributed by atoms with Gasteiger partial charge in [0, 0.05) is 10.2 Å². The minimum atomic E-state index is -0.450. The molecular weight excluding hydrogens is 440 g/mol. The van der Waals surface area contributed by atoms with Gasteiger partial charge in [-0.05, 0) is 59.1 Å². The normalized spacial score (nSPS) is 15.6. The summed E-state index contributed by atoms with van der Waals surface area (Å²) in [4.78, 5) is 38.3. The van der Waals surface area contributed by atoms with Crippen molar-refractivity contribution in [2.75, 3.05) is 11.9 Å². The van der Waals surface area contributed by atoms with Gasteiger partial charge in [0.15, 0.2) is 0 Å². The van der Waals surface area contributed by atoms with Gasteiger partial charge in [0.25, 0.3) is 11.1 Å². The Bertz CT molecular complexity index is 937. The lowest BCUT2D eigenvalue weighted by atomic mass is 10.0. The number of nitrogens with zero attached hydrogens (tertiary/aromatic N) is 1. The van der Waals surface area contributed by atoms with E-state index in [4.69, 9.17) is 0 Å². The fraction of sp³-hybridized carbons (Fsp3) is 0.190. The van der Waals surface area contributed by atoms with Crippen molar-refractivity contribution in [2.24, 2.45) is 0 Å². The van der Waals surface area contributed by atoms with Gasteiger partial charge in [-0.15, -0.1) is 0 Å². The highest BCUT2D eigenvalue weighted by Crippen LogP contribution is 2.32. The van der Waals surface area contributed by atoms with Crippen LogP contribution in [0.5, 0.6) is 0 Å². The second-order valence-electron chi connectivity index (χ2n) is 6.64. The maximum Gasteiger partial charge on any atom is 0.294 e. The van der Waals surface area contributed by atoms with Crippen molar-refractivity contribution < 1.29 is 14.4 Å². The first-order chi connectivity index (χ1) is 13.3. The number of rotatable bonds is 5. The molecule has 7 heteroatoms. The summed E-state index contributed by atoms with van der Waals surface area (Å²) in [6.45, 7) is 3.91. The van der Waals surface area contributed by atoms with Crippen LogP contribution in [0.4, 0.5) is 10.5 Å². The molecule has 1 aliphatic heterocycles. The largest absolute Gasteiger partial charge is 0.325 e. The first-order valence-electron chi connectivity index (χ1n) is 8.74. The molecular formula is C21H19BrN2O3S. The van der Waals surface area contributed by atoms with Gasteiger partial charge in [-0.3, -0.25) is 19.3 Å². The van der Waals surface area contributed by atoms with Crippen molar-refractivity contribution in [1.29, 1.82) is 0 Å². The predicted molar refractivity (Wildman–Crippen MR) is 116 cm³/mol. The van der Waals surface area contributed by atoms with Crippen LogP contribution in [0.1, 0.15) is 30.9 Å². The summed E-state index contributed by atoms with van der Waals surface area (Å²) < 4.78 is 0.892. The highest BCUT2D eigenvalue weighted by Gasteiger charge is 2.36. The van der Waals surface area contributed by atoms with Crippen molar-refractivity contribution >= 4 is 56.5 Å². The number of carbonyl (C=O) groups is 3. The summed E-state index contributed by atoms with van der Waals surface area (Å²) >= 11 is 4.17. The summed E-state index contributed by atoms with van der Waals surface area (Å²) in [5.74, 6) is -0.452. The third-order valence-electron chi connectivity index (χ3n) is 4.20. The molecule has 0 radical (unpaired) electrons. The average Bonchev–Trinajstić information content (AvgIpc) is 2.91. The number of nitrogens with one attached hydrogen (secondary N) is 1. The van der Waals surface area contributed by atoms with E-state index in [-0.39, 0.29) is 6.54 Å². The third-order valence-corrected chi connectivity index (χ3v) is 5.64. The Balaban J connectivity index is 1.67. The predicted octanol–water partition coefficient (Wildman–Crippen LogP) is 5.25. The average molecular weight is 459 g/mol. The molecule has 144 valence electrons. The third kappa shape index (κ3) is 4.91. The number of amides is 3. The number of hydrogen-bond donors (Lipinski definition) is 1. The maximum atomic E-state index is 12.6. The van der Waals surface area contributed by atoms with Crippen LogP contribution in [0.2, 0.25) is 0 Å². The van der Waals surface area contributed by atoms with E-state index in [1.807, 2.05) is 24.3 Å². The number of imide groups is 1. The molecule has 0 aliphatic carbocycles. The Hall–Kier alpha value is -2.38. The van der Waals surface area contributed by atoms with Crippen molar-refractivity contribution in [3.63, 3.8) is 0 Å². The van der Waals surface area contributed by atoms with E-state index in [0.717, 1.165) is 26.7 Å². The molecule has 1 aliphatic rings. The molecule has 5 nitrogen and oxygen atoms in total. The molecule has 0 saturated carbocycles. The molecule has 0 unspecified atom stereocenters. The van der Waals surface area contributed by atoms with Crippen LogP contribution < -0.4 is 5.32 Å². The lowest BCUT2D eigenvalue weighted by Crippen LogP contribution is -2.36. The number of carbonyl (C=O) groups excluding carboxylic acids is 3. The zero-order valence-corrected chi connectivity index (χ0v) is 17.8. The highest BCUT2D eigenvalue weighted by molar-refractivity contribution is 9.10. The van der Waals surface area contributed by atoms with Crippen LogP contribution in [0, 0.1) is 0 Å². The number of hydrogen-bond acceptors (Lipinski definition) is 4. The lowest BCUT2D eigenvalue weighted by molar-refractivity contribution is -0.127. The molecule has 0 spiro atoms. The number of thioether (sulfide) groups is 1. The molecule has 0 bridgehead atoms. The SMILES string of the molecule is CC(C)c1ccc(/C=C2/SC(=O)N(CC(=O)Nc3ccc(Br)cc3)C2=O)cc1. The molecule has 28 heavy (non-hydrogen) atoms. The highest BCUT2D eigenvalue weighted by atomic mass is 79.9. The Kier molecular flexibility index (Phi) is 6.36. The van der Waals surface area contributed by atoms with Crippen LogP contribution in [0.15, 0.2) is 57.9 Å². The van der Waals surface area contributed by atoms with Gasteiger partial charge in [-0.25, -0.2) is 0 Å². The smallest absolute Gasteiger partial charge is 0.294 e. The van der Waals surface area contributed by atoms with Crippen LogP contribution in [-0.2, 0) is 9.59 Å². The summed E-state index contributed by atoms with van der Waals surface area (Å²) in [5, 5.41) is 2.24. The van der Waals surface area contributed by atoms with E-state index >= 15 is 0 Å². The van der Waals surface area contributed by atoms with Crippen LogP contribution >= 0.6 is 27.7 Å². The van der Waals surface area contributed by atoms with Crippen molar-refractivity contribution in [3.05, 3.63) is 69.0 Å². The molecule has 2 aromatic rings. The zero-order chi connectivity index (χ0) is 20.3. The summed E-state index contributed by atoms with van der Waals surface area (Å²) in [6.07, 6.45) is 1.68. The van der Waals surface area contributed by atoms with Crippen LogP contribution in [0.3, 0.4) is 0 Å². The van der Waals surface area contributed by atoms with Gasteiger partial charge in [0.05, 0.1) is 4.91 Å². The number of benzene rings is 2. The minimum Gasteiger partial charge on any atom is -0.325 e. The Morgan fingerprint density at radius 3 is 2.36 bits per heavy atom. The van der Waals surface area contributed by atoms with Crippen LogP contribution in [0.25, 0.3) is 6.08 Å². The number of anilines is 1. The van der Waals surface area contributed by atoms with Crippen LogP contribution in [-0.4, -0.2) is 28.5 Å². The monoisotopic (exact) mass is 458 g/mol. The van der Waals surface area contributed by atoms with E-state index in [0.29, 0.717) is 16.5 Å². The minimum absolute atomic E-state index is 0.315. The second kappa shape index (κ2) is 8.75. The Morgan fingerprint density at radius 1 is 1.11 bits per heavy atom. The van der Waals surface area contributed by atoms with Crippen molar-refractivity contribution in [3.8, 4) is 0 Å². The van der Waals surface area contributed by atoms with Crippen molar-refractivity contribution in [1.82, 2.24) is 4.90 Å². The van der Waals surface area contributed by atoms with E-state index in [1.54, 1.807) is 30.3 Å². The van der Waals surface area contributed by atoms with Gasteiger partial charge in [-0.1, -0.05) is 54.0 Å². The fourth-order valence-corrected chi connectivity index (χ4v) is 3.74. The quantitative estimate of drug-likeness (QED) is 0.621. The fourth-order valence-electron chi connectivity index (χ4n) is 2.64. The molecule has 1 saturated heterocycles. The maximum absolute atomic E-state index is 12.6. The van der Waals surface area contributed by atoms with Gasteiger partial charge >= 0.3 is 0 Å². The van der Waals surface area contributed by atoms with E-state index in [1.165, 1.54) is 5.56 Å². The van der Waals surface area contributed by atoms with E-state index < -0.39 is 17.1 Å². The molecule has 3 amide bonds. The molecule has 0 aromatic heterocycles. The number of halogens is 1. The zero-order valence-electron chi connectivity index (χ0n) is 15.4. The van der Waals surface area contributed by atoms with Gasteiger partial charge in [0.1, 0.15) is 6.54 Å². The van der Waals surface area contributed by atoms with Gasteiger partial charge < -0.3 is 5.32 Å². The first-order valence-corrected chi connectivity index (χ1v) is 10.3. The van der Waals surface area contributed by atoms with Crippen molar-refractivity contribution in [2.45, 2.75) is 19.8 Å². The Labute approximate surface area is 176 Å². The van der Waals surface area contributed by atoms with E-state index in [2.05, 4.69) is 35.1 Å². The standard InChI is InChI=1S/C21H19BrN2O3S/c1-13(2)15-5-3-14(4-6-15)11-18-20(26)24(21(27)28-18)12-19(25)23-17-9-7-16(22)8-10-17/h3-11,13H,12H2,1-2H3,(H,23,25)/b18-11+. The molecule has 1 fully saturated rings.